The van der Waals surface area contributed by atoms with Gasteiger partial charge in [0.25, 0.3) is 0 Å². The molecule has 0 bridgehead atoms. The number of H-pyrrole nitrogens is 1. The molecule has 0 amide bonds. The van der Waals surface area contributed by atoms with Crippen molar-refractivity contribution < 1.29 is 15.0 Å². The van der Waals surface area contributed by atoms with Gasteiger partial charge in [-0.15, -0.1) is 0 Å². The lowest BCUT2D eigenvalue weighted by molar-refractivity contribution is 0.0693. The van der Waals surface area contributed by atoms with Crippen molar-refractivity contribution in [1.29, 1.82) is 0 Å². The maximum atomic E-state index is 11.0. The molecule has 0 atom stereocenters. The number of hydrogen-bond acceptors (Lipinski definition) is 4. The fourth-order valence-corrected chi connectivity index (χ4v) is 2.07. The van der Waals surface area contributed by atoms with E-state index in [2.05, 4.69) is 15.0 Å². The van der Waals surface area contributed by atoms with E-state index < -0.39 is 5.97 Å². The van der Waals surface area contributed by atoms with Gasteiger partial charge in [0.1, 0.15) is 17.1 Å². The molecular formula is C14H11N3O3. The van der Waals surface area contributed by atoms with Crippen LogP contribution in [0, 0.1) is 6.92 Å². The first-order valence-electron chi connectivity index (χ1n) is 5.93. The molecule has 0 spiro atoms. The minimum absolute atomic E-state index is 0.170. The zero-order valence-electron chi connectivity index (χ0n) is 10.6. The second-order valence-corrected chi connectivity index (χ2v) is 4.45. The van der Waals surface area contributed by atoms with Crippen LogP contribution in [-0.4, -0.2) is 31.1 Å². The largest absolute Gasteiger partial charge is 0.505 e. The monoisotopic (exact) mass is 269 g/mol. The summed E-state index contributed by atoms with van der Waals surface area (Å²) in [5.74, 6) is -0.730. The highest BCUT2D eigenvalue weighted by molar-refractivity contribution is 5.92. The summed E-state index contributed by atoms with van der Waals surface area (Å²) in [6, 6.07) is 6.85. The Morgan fingerprint density at radius 2 is 2.10 bits per heavy atom. The van der Waals surface area contributed by atoms with Crippen LogP contribution in [-0.2, 0) is 0 Å². The molecule has 0 radical (unpaired) electrons. The second kappa shape index (κ2) is 4.34. The number of pyridine rings is 1. The first-order chi connectivity index (χ1) is 9.54. The minimum Gasteiger partial charge on any atom is -0.505 e. The molecule has 0 aliphatic carbocycles. The molecule has 0 aliphatic rings. The highest BCUT2D eigenvalue weighted by atomic mass is 16.4. The molecule has 20 heavy (non-hydrogen) atoms. The zero-order chi connectivity index (χ0) is 14.3. The maximum Gasteiger partial charge on any atom is 0.339 e. The standard InChI is InChI=1S/C14H11N3O3/c1-7-16-10-3-2-8(4-12(10)17-7)11-5-9(14(19)20)13(18)6-15-11/h2-6,18H,1H3,(H,16,17)(H,19,20). The molecule has 2 heterocycles. The van der Waals surface area contributed by atoms with E-state index in [-0.39, 0.29) is 11.3 Å². The van der Waals surface area contributed by atoms with Gasteiger partial charge in [0.05, 0.1) is 22.9 Å². The van der Waals surface area contributed by atoms with Gasteiger partial charge in [0, 0.05) is 5.56 Å². The molecule has 0 fully saturated rings. The number of carboxylic acids is 1. The summed E-state index contributed by atoms with van der Waals surface area (Å²) in [4.78, 5) is 22.5. The van der Waals surface area contributed by atoms with Gasteiger partial charge >= 0.3 is 5.97 Å². The number of nitrogens with zero attached hydrogens (tertiary/aromatic N) is 2. The second-order valence-electron chi connectivity index (χ2n) is 4.45. The third-order valence-electron chi connectivity index (χ3n) is 3.01. The Hall–Kier alpha value is -2.89. The van der Waals surface area contributed by atoms with Gasteiger partial charge in [0.15, 0.2) is 0 Å². The lowest BCUT2D eigenvalue weighted by Crippen LogP contribution is -1.98. The van der Waals surface area contributed by atoms with E-state index in [0.717, 1.165) is 28.6 Å². The van der Waals surface area contributed by atoms with E-state index >= 15 is 0 Å². The summed E-state index contributed by atoms with van der Waals surface area (Å²) in [6.07, 6.45) is 1.14. The molecule has 2 aromatic heterocycles. The van der Waals surface area contributed by atoms with Gasteiger partial charge in [-0.2, -0.15) is 0 Å². The van der Waals surface area contributed by atoms with Gasteiger partial charge in [-0.3, -0.25) is 4.98 Å². The molecular weight excluding hydrogens is 258 g/mol. The van der Waals surface area contributed by atoms with Gasteiger partial charge in [-0.05, 0) is 25.1 Å². The van der Waals surface area contributed by atoms with E-state index in [1.54, 1.807) is 0 Å². The predicted octanol–water partition coefficient (Wildman–Crippen LogP) is 2.34. The van der Waals surface area contributed by atoms with Gasteiger partial charge < -0.3 is 15.2 Å². The molecule has 0 aliphatic heterocycles. The number of fused-ring (bicyclic) bond motifs is 1. The number of imidazole rings is 1. The predicted molar refractivity (Wildman–Crippen MR) is 72.7 cm³/mol. The van der Waals surface area contributed by atoms with Crippen LogP contribution in [0.1, 0.15) is 16.2 Å². The Labute approximate surface area is 113 Å². The molecule has 1 aromatic carbocycles. The van der Waals surface area contributed by atoms with Crippen molar-refractivity contribution in [2.45, 2.75) is 6.92 Å². The van der Waals surface area contributed by atoms with E-state index in [1.807, 2.05) is 25.1 Å². The minimum atomic E-state index is -1.19. The van der Waals surface area contributed by atoms with Crippen molar-refractivity contribution in [2.24, 2.45) is 0 Å². The number of aromatic amines is 1. The Morgan fingerprint density at radius 1 is 1.30 bits per heavy atom. The fourth-order valence-electron chi connectivity index (χ4n) is 2.07. The van der Waals surface area contributed by atoms with Gasteiger partial charge in [-0.25, -0.2) is 9.78 Å². The van der Waals surface area contributed by atoms with Crippen LogP contribution >= 0.6 is 0 Å². The highest BCUT2D eigenvalue weighted by Crippen LogP contribution is 2.25. The van der Waals surface area contributed by atoms with Crippen LogP contribution in [0.5, 0.6) is 5.75 Å². The number of benzene rings is 1. The third kappa shape index (κ3) is 1.97. The third-order valence-corrected chi connectivity index (χ3v) is 3.01. The molecule has 6 nitrogen and oxygen atoms in total. The molecule has 3 aromatic rings. The van der Waals surface area contributed by atoms with Crippen molar-refractivity contribution in [1.82, 2.24) is 15.0 Å². The topological polar surface area (TPSA) is 99.1 Å². The number of aryl methyl sites for hydroxylation is 1. The molecule has 6 heteroatoms. The maximum absolute atomic E-state index is 11.0. The van der Waals surface area contributed by atoms with E-state index in [1.165, 1.54) is 6.07 Å². The number of hydrogen-bond donors (Lipinski definition) is 3. The van der Waals surface area contributed by atoms with Crippen LogP contribution in [0.2, 0.25) is 0 Å². The number of carbonyl (C=O) groups is 1. The quantitative estimate of drug-likeness (QED) is 0.663. The Morgan fingerprint density at radius 3 is 2.85 bits per heavy atom. The summed E-state index contributed by atoms with van der Waals surface area (Å²) in [5.41, 5.74) is 2.75. The number of aromatic nitrogens is 3. The lowest BCUT2D eigenvalue weighted by Gasteiger charge is -2.04. The summed E-state index contributed by atoms with van der Waals surface area (Å²) >= 11 is 0. The molecule has 0 saturated heterocycles. The van der Waals surface area contributed by atoms with Gasteiger partial charge in [0.2, 0.25) is 0 Å². The summed E-state index contributed by atoms with van der Waals surface area (Å²) < 4.78 is 0. The zero-order valence-corrected chi connectivity index (χ0v) is 10.6. The Kier molecular flexibility index (Phi) is 2.64. The number of rotatable bonds is 2. The van der Waals surface area contributed by atoms with Crippen LogP contribution in [0.3, 0.4) is 0 Å². The number of carboxylic acid groups (broad SMARTS) is 1. The summed E-state index contributed by atoms with van der Waals surface area (Å²) in [5, 5.41) is 18.5. The van der Waals surface area contributed by atoms with Crippen molar-refractivity contribution in [3.8, 4) is 17.0 Å². The number of aromatic carboxylic acids is 1. The first-order valence-corrected chi connectivity index (χ1v) is 5.93. The lowest BCUT2D eigenvalue weighted by atomic mass is 10.1. The average Bonchev–Trinajstić information content (AvgIpc) is 2.78. The molecule has 0 unspecified atom stereocenters. The van der Waals surface area contributed by atoms with Crippen molar-refractivity contribution >= 4 is 17.0 Å². The van der Waals surface area contributed by atoms with E-state index in [0.29, 0.717) is 5.69 Å². The Balaban J connectivity index is 2.14. The van der Waals surface area contributed by atoms with Crippen LogP contribution < -0.4 is 0 Å². The molecule has 3 N–H and O–H groups in total. The molecule has 3 rings (SSSR count). The first kappa shape index (κ1) is 12.2. The van der Waals surface area contributed by atoms with Crippen LogP contribution in [0.4, 0.5) is 0 Å². The average molecular weight is 269 g/mol. The highest BCUT2D eigenvalue weighted by Gasteiger charge is 2.12. The van der Waals surface area contributed by atoms with Crippen molar-refractivity contribution in [3.63, 3.8) is 0 Å². The summed E-state index contributed by atoms with van der Waals surface area (Å²) in [6.45, 7) is 1.86. The normalized spacial score (nSPS) is 10.8. The van der Waals surface area contributed by atoms with E-state index in [4.69, 9.17) is 5.11 Å². The molecule has 0 saturated carbocycles. The summed E-state index contributed by atoms with van der Waals surface area (Å²) in [7, 11) is 0. The van der Waals surface area contributed by atoms with Crippen LogP contribution in [0.25, 0.3) is 22.3 Å². The Bertz CT molecular complexity index is 824. The number of aromatic hydroxyl groups is 1. The SMILES string of the molecule is Cc1nc2ccc(-c3cc(C(=O)O)c(O)cn3)cc2[nH]1. The molecule has 100 valence electrons. The van der Waals surface area contributed by atoms with Gasteiger partial charge in [-0.1, -0.05) is 6.07 Å². The van der Waals surface area contributed by atoms with Crippen molar-refractivity contribution in [2.75, 3.05) is 0 Å². The smallest absolute Gasteiger partial charge is 0.339 e. The van der Waals surface area contributed by atoms with Crippen LogP contribution in [0.15, 0.2) is 30.5 Å². The van der Waals surface area contributed by atoms with Crippen molar-refractivity contribution in [3.05, 3.63) is 41.9 Å². The fraction of sp³-hybridized carbons (Fsp3) is 0.0714. The van der Waals surface area contributed by atoms with E-state index in [9.17, 15) is 9.90 Å². The number of nitrogens with one attached hydrogen (secondary N) is 1.